The monoisotopic (exact) mass is 455 g/mol. The molecule has 6 nitrogen and oxygen atoms in total. The van der Waals surface area contributed by atoms with Crippen molar-refractivity contribution in [1.29, 1.82) is 0 Å². The van der Waals surface area contributed by atoms with Crippen LogP contribution in [0.15, 0.2) is 35.7 Å². The van der Waals surface area contributed by atoms with Crippen molar-refractivity contribution in [3.63, 3.8) is 0 Å². The van der Waals surface area contributed by atoms with E-state index in [1.807, 2.05) is 17.5 Å². The standard InChI is InChI=1S/C18H15Cl2N3O3S2/c1-10(24)21-7-12-3-5-16(28-12)14-9-27-18(22-14)23-17(25)8-26-15-4-2-11(19)6-13(15)20/h2-6,9H,7-8H2,1H3,(H,21,24)(H,22,23,25). The molecule has 10 heteroatoms. The Morgan fingerprint density at radius 1 is 1.21 bits per heavy atom. The molecule has 2 N–H and O–H groups in total. The average Bonchev–Trinajstić information content (AvgIpc) is 3.28. The van der Waals surface area contributed by atoms with Crippen LogP contribution in [0.5, 0.6) is 5.75 Å². The van der Waals surface area contributed by atoms with Gasteiger partial charge in [-0.05, 0) is 30.3 Å². The van der Waals surface area contributed by atoms with Crippen LogP contribution in [-0.2, 0) is 16.1 Å². The van der Waals surface area contributed by atoms with Gasteiger partial charge in [0.1, 0.15) is 5.75 Å². The first kappa shape index (κ1) is 20.6. The molecule has 0 saturated carbocycles. The molecule has 146 valence electrons. The molecule has 0 radical (unpaired) electrons. The summed E-state index contributed by atoms with van der Waals surface area (Å²) in [6.45, 7) is 1.77. The predicted octanol–water partition coefficient (Wildman–Crippen LogP) is 4.83. The van der Waals surface area contributed by atoms with E-state index in [-0.39, 0.29) is 18.4 Å². The van der Waals surface area contributed by atoms with Gasteiger partial charge >= 0.3 is 0 Å². The number of thiophene rings is 1. The van der Waals surface area contributed by atoms with Crippen LogP contribution in [0.2, 0.25) is 10.0 Å². The van der Waals surface area contributed by atoms with Crippen molar-refractivity contribution in [1.82, 2.24) is 10.3 Å². The maximum Gasteiger partial charge on any atom is 0.264 e. The van der Waals surface area contributed by atoms with E-state index in [1.54, 1.807) is 18.2 Å². The Morgan fingerprint density at radius 2 is 2.04 bits per heavy atom. The molecule has 0 spiro atoms. The second kappa shape index (κ2) is 9.38. The molecule has 1 aromatic carbocycles. The molecule has 0 aliphatic carbocycles. The second-order valence-electron chi connectivity index (χ2n) is 5.63. The first-order valence-corrected chi connectivity index (χ1v) is 10.5. The van der Waals surface area contributed by atoms with Crippen molar-refractivity contribution in [3.05, 3.63) is 50.6 Å². The maximum atomic E-state index is 12.1. The van der Waals surface area contributed by atoms with Crippen LogP contribution < -0.4 is 15.4 Å². The molecule has 0 aliphatic rings. The first-order valence-electron chi connectivity index (χ1n) is 8.07. The lowest BCUT2D eigenvalue weighted by molar-refractivity contribution is -0.119. The number of benzene rings is 1. The minimum Gasteiger partial charge on any atom is -0.482 e. The first-order chi connectivity index (χ1) is 13.4. The second-order valence-corrected chi connectivity index (χ2v) is 8.50. The molecule has 0 fully saturated rings. The fourth-order valence-electron chi connectivity index (χ4n) is 2.16. The van der Waals surface area contributed by atoms with Crippen molar-refractivity contribution in [2.24, 2.45) is 0 Å². The van der Waals surface area contributed by atoms with E-state index >= 15 is 0 Å². The Kier molecular flexibility index (Phi) is 6.90. The number of aromatic nitrogens is 1. The van der Waals surface area contributed by atoms with Crippen molar-refractivity contribution in [2.45, 2.75) is 13.5 Å². The number of ether oxygens (including phenoxy) is 1. The van der Waals surface area contributed by atoms with E-state index in [0.29, 0.717) is 27.5 Å². The Balaban J connectivity index is 1.55. The number of nitrogens with zero attached hydrogens (tertiary/aromatic N) is 1. The molecule has 3 aromatic rings. The maximum absolute atomic E-state index is 12.1. The van der Waals surface area contributed by atoms with Crippen molar-refractivity contribution >= 4 is 62.8 Å². The molecule has 2 aromatic heterocycles. The van der Waals surface area contributed by atoms with Crippen LogP contribution in [0.3, 0.4) is 0 Å². The van der Waals surface area contributed by atoms with E-state index in [0.717, 1.165) is 15.4 Å². The quantitative estimate of drug-likeness (QED) is 0.534. The van der Waals surface area contributed by atoms with Crippen molar-refractivity contribution < 1.29 is 14.3 Å². The van der Waals surface area contributed by atoms with Gasteiger partial charge in [0, 0.05) is 22.2 Å². The molecule has 3 rings (SSSR count). The molecule has 0 saturated heterocycles. The number of thiazole rings is 1. The van der Waals surface area contributed by atoms with E-state index in [4.69, 9.17) is 27.9 Å². The molecular weight excluding hydrogens is 441 g/mol. The Bertz CT molecular complexity index is 1000. The smallest absolute Gasteiger partial charge is 0.264 e. The molecular formula is C18H15Cl2N3O3S2. The van der Waals surface area contributed by atoms with Crippen LogP contribution in [0.4, 0.5) is 5.13 Å². The molecule has 0 atom stereocenters. The molecule has 2 amide bonds. The summed E-state index contributed by atoms with van der Waals surface area (Å²) in [6.07, 6.45) is 0. The number of carbonyl (C=O) groups excluding carboxylic acids is 2. The zero-order valence-corrected chi connectivity index (χ0v) is 17.8. The third-order valence-electron chi connectivity index (χ3n) is 3.43. The van der Waals surface area contributed by atoms with Gasteiger partial charge in [0.05, 0.1) is 22.1 Å². The van der Waals surface area contributed by atoms with Gasteiger partial charge < -0.3 is 10.1 Å². The highest BCUT2D eigenvalue weighted by Crippen LogP contribution is 2.31. The van der Waals surface area contributed by atoms with Crippen molar-refractivity contribution in [2.75, 3.05) is 11.9 Å². The van der Waals surface area contributed by atoms with Gasteiger partial charge in [0.2, 0.25) is 5.91 Å². The summed E-state index contributed by atoms with van der Waals surface area (Å²) in [5.74, 6) is -0.0357. The van der Waals surface area contributed by atoms with Gasteiger partial charge in [0.25, 0.3) is 5.91 Å². The topological polar surface area (TPSA) is 80.3 Å². The third kappa shape index (κ3) is 5.68. The number of hydrogen-bond acceptors (Lipinski definition) is 6. The predicted molar refractivity (Wildman–Crippen MR) is 114 cm³/mol. The van der Waals surface area contributed by atoms with E-state index in [2.05, 4.69) is 15.6 Å². The number of anilines is 1. The summed E-state index contributed by atoms with van der Waals surface area (Å²) in [5, 5.41) is 8.63. The molecule has 28 heavy (non-hydrogen) atoms. The highest BCUT2D eigenvalue weighted by Gasteiger charge is 2.12. The molecule has 0 unspecified atom stereocenters. The summed E-state index contributed by atoms with van der Waals surface area (Å²) in [5.41, 5.74) is 0.765. The minimum absolute atomic E-state index is 0.0734. The largest absolute Gasteiger partial charge is 0.482 e. The van der Waals surface area contributed by atoms with Gasteiger partial charge in [-0.15, -0.1) is 22.7 Å². The fourth-order valence-corrected chi connectivity index (χ4v) is 4.33. The lowest BCUT2D eigenvalue weighted by atomic mass is 10.3. The summed E-state index contributed by atoms with van der Waals surface area (Å²) >= 11 is 14.7. The number of nitrogens with one attached hydrogen (secondary N) is 2. The van der Waals surface area contributed by atoms with Crippen LogP contribution in [-0.4, -0.2) is 23.4 Å². The zero-order chi connectivity index (χ0) is 20.1. The normalized spacial score (nSPS) is 10.5. The van der Waals surface area contributed by atoms with E-state index in [9.17, 15) is 9.59 Å². The lowest BCUT2D eigenvalue weighted by Gasteiger charge is -2.07. The van der Waals surface area contributed by atoms with Gasteiger partial charge in [-0.1, -0.05) is 23.2 Å². The molecule has 0 aliphatic heterocycles. The number of halogens is 2. The Hall–Kier alpha value is -2.13. The van der Waals surface area contributed by atoms with Crippen LogP contribution in [0.25, 0.3) is 10.6 Å². The summed E-state index contributed by atoms with van der Waals surface area (Å²) in [7, 11) is 0. The van der Waals surface area contributed by atoms with Gasteiger partial charge in [-0.3, -0.25) is 14.9 Å². The Morgan fingerprint density at radius 3 is 2.79 bits per heavy atom. The SMILES string of the molecule is CC(=O)NCc1ccc(-c2csc(NC(=O)COc3ccc(Cl)cc3Cl)n2)s1. The zero-order valence-electron chi connectivity index (χ0n) is 14.6. The number of amides is 2. The van der Waals surface area contributed by atoms with Crippen LogP contribution in [0, 0.1) is 0 Å². The third-order valence-corrected chi connectivity index (χ3v) is 5.82. The highest BCUT2D eigenvalue weighted by molar-refractivity contribution is 7.17. The number of carbonyl (C=O) groups is 2. The fraction of sp³-hybridized carbons (Fsp3) is 0.167. The van der Waals surface area contributed by atoms with E-state index in [1.165, 1.54) is 29.6 Å². The van der Waals surface area contributed by atoms with Crippen molar-refractivity contribution in [3.8, 4) is 16.3 Å². The number of rotatable bonds is 7. The number of hydrogen-bond donors (Lipinski definition) is 2. The Labute approximate surface area is 179 Å². The molecule has 0 bridgehead atoms. The summed E-state index contributed by atoms with van der Waals surface area (Å²) < 4.78 is 5.41. The van der Waals surface area contributed by atoms with Gasteiger partial charge in [-0.25, -0.2) is 4.98 Å². The minimum atomic E-state index is -0.343. The van der Waals surface area contributed by atoms with Crippen LogP contribution in [0.1, 0.15) is 11.8 Å². The van der Waals surface area contributed by atoms with E-state index < -0.39 is 0 Å². The lowest BCUT2D eigenvalue weighted by Crippen LogP contribution is -2.20. The molecule has 2 heterocycles. The van der Waals surface area contributed by atoms with Gasteiger partial charge in [0.15, 0.2) is 11.7 Å². The van der Waals surface area contributed by atoms with Gasteiger partial charge in [-0.2, -0.15) is 0 Å². The average molecular weight is 456 g/mol. The summed E-state index contributed by atoms with van der Waals surface area (Å²) in [4.78, 5) is 29.5. The summed E-state index contributed by atoms with van der Waals surface area (Å²) in [6, 6.07) is 8.67. The van der Waals surface area contributed by atoms with Crippen LogP contribution >= 0.6 is 45.9 Å². The highest BCUT2D eigenvalue weighted by atomic mass is 35.5.